The third-order valence-electron chi connectivity index (χ3n) is 5.07. The zero-order valence-electron chi connectivity index (χ0n) is 16.4. The number of benzene rings is 2. The number of amides is 2. The Morgan fingerprint density at radius 3 is 2.29 bits per heavy atom. The summed E-state index contributed by atoms with van der Waals surface area (Å²) in [5.74, 6) is -0.0661. The fraction of sp³-hybridized carbons (Fsp3) is 0.391. The Hall–Kier alpha value is -2.82. The summed E-state index contributed by atoms with van der Waals surface area (Å²) < 4.78 is 5.25. The molecule has 148 valence electrons. The van der Waals surface area contributed by atoms with E-state index >= 15 is 0 Å². The first-order chi connectivity index (χ1) is 13.7. The van der Waals surface area contributed by atoms with Crippen LogP contribution in [0, 0.1) is 0 Å². The van der Waals surface area contributed by atoms with Crippen LogP contribution in [0.15, 0.2) is 54.6 Å². The van der Waals surface area contributed by atoms with E-state index in [2.05, 4.69) is 24.4 Å². The van der Waals surface area contributed by atoms with Crippen LogP contribution in [0.2, 0.25) is 0 Å². The lowest BCUT2D eigenvalue weighted by molar-refractivity contribution is 0.0836. The first kappa shape index (κ1) is 19.9. The molecule has 3 rings (SSSR count). The Bertz CT molecular complexity index is 766. The van der Waals surface area contributed by atoms with Crippen LogP contribution in [0.25, 0.3) is 11.1 Å². The van der Waals surface area contributed by atoms with Gasteiger partial charge in [-0.05, 0) is 42.5 Å². The van der Waals surface area contributed by atoms with Gasteiger partial charge >= 0.3 is 6.09 Å². The fourth-order valence-electron chi connectivity index (χ4n) is 3.31. The molecule has 1 saturated heterocycles. The van der Waals surface area contributed by atoms with Crippen LogP contribution in [0.3, 0.4) is 0 Å². The van der Waals surface area contributed by atoms with Crippen LogP contribution in [0.1, 0.15) is 43.0 Å². The Morgan fingerprint density at radius 2 is 1.64 bits per heavy atom. The Morgan fingerprint density at radius 1 is 1.00 bits per heavy atom. The average molecular weight is 380 g/mol. The van der Waals surface area contributed by atoms with Crippen molar-refractivity contribution in [2.45, 2.75) is 38.6 Å². The van der Waals surface area contributed by atoms with Gasteiger partial charge in [-0.1, -0.05) is 55.8 Å². The molecular weight excluding hydrogens is 352 g/mol. The molecule has 0 bridgehead atoms. The van der Waals surface area contributed by atoms with E-state index in [1.54, 1.807) is 4.90 Å². The molecule has 1 heterocycles. The molecule has 2 amide bonds. The second-order valence-electron chi connectivity index (χ2n) is 7.15. The van der Waals surface area contributed by atoms with Gasteiger partial charge in [0.15, 0.2) is 0 Å². The molecule has 5 heteroatoms. The number of piperidine rings is 1. The predicted octanol–water partition coefficient (Wildman–Crippen LogP) is 4.48. The lowest BCUT2D eigenvalue weighted by Gasteiger charge is -2.31. The molecule has 1 aliphatic heterocycles. The van der Waals surface area contributed by atoms with Crippen molar-refractivity contribution in [2.24, 2.45) is 0 Å². The number of rotatable bonds is 6. The van der Waals surface area contributed by atoms with Gasteiger partial charge in [0.05, 0.1) is 6.61 Å². The molecule has 1 fully saturated rings. The van der Waals surface area contributed by atoms with Crippen LogP contribution < -0.4 is 5.32 Å². The highest BCUT2D eigenvalue weighted by atomic mass is 16.6. The molecule has 1 aliphatic rings. The molecule has 0 aliphatic carbocycles. The van der Waals surface area contributed by atoms with Gasteiger partial charge in [-0.15, -0.1) is 0 Å². The SMILES string of the molecule is CCCCOC(=O)N1CCC(NC(=O)c2ccc(-c3ccccc3)cc2)CC1. The van der Waals surface area contributed by atoms with Crippen molar-refractivity contribution in [1.82, 2.24) is 10.2 Å². The molecular formula is C23H28N2O3. The van der Waals surface area contributed by atoms with Crippen LogP contribution in [0.5, 0.6) is 0 Å². The summed E-state index contributed by atoms with van der Waals surface area (Å²) in [7, 11) is 0. The van der Waals surface area contributed by atoms with E-state index in [9.17, 15) is 9.59 Å². The smallest absolute Gasteiger partial charge is 0.409 e. The highest BCUT2D eigenvalue weighted by molar-refractivity contribution is 5.94. The average Bonchev–Trinajstić information content (AvgIpc) is 2.75. The highest BCUT2D eigenvalue weighted by Crippen LogP contribution is 2.19. The van der Waals surface area contributed by atoms with Gasteiger partial charge in [0.2, 0.25) is 0 Å². The molecule has 0 aromatic heterocycles. The van der Waals surface area contributed by atoms with Crippen molar-refractivity contribution in [3.8, 4) is 11.1 Å². The largest absolute Gasteiger partial charge is 0.449 e. The number of hydrogen-bond acceptors (Lipinski definition) is 3. The number of likely N-dealkylation sites (tertiary alicyclic amines) is 1. The van der Waals surface area contributed by atoms with Gasteiger partial charge < -0.3 is 15.0 Å². The number of carbonyl (C=O) groups excluding carboxylic acids is 2. The maximum atomic E-state index is 12.5. The van der Waals surface area contributed by atoms with E-state index in [4.69, 9.17) is 4.74 Å². The van der Waals surface area contributed by atoms with Gasteiger partial charge in [0.25, 0.3) is 5.91 Å². The maximum Gasteiger partial charge on any atom is 0.409 e. The van der Waals surface area contributed by atoms with Crippen molar-refractivity contribution in [2.75, 3.05) is 19.7 Å². The number of ether oxygens (including phenoxy) is 1. The zero-order valence-corrected chi connectivity index (χ0v) is 16.4. The number of hydrogen-bond donors (Lipinski definition) is 1. The van der Waals surface area contributed by atoms with E-state index in [1.165, 1.54) is 0 Å². The molecule has 2 aromatic carbocycles. The van der Waals surface area contributed by atoms with Crippen LogP contribution in [0.4, 0.5) is 4.79 Å². The summed E-state index contributed by atoms with van der Waals surface area (Å²) >= 11 is 0. The van der Waals surface area contributed by atoms with E-state index < -0.39 is 0 Å². The van der Waals surface area contributed by atoms with Crippen LogP contribution in [-0.4, -0.2) is 42.6 Å². The number of carbonyl (C=O) groups is 2. The van der Waals surface area contributed by atoms with Crippen molar-refractivity contribution in [3.63, 3.8) is 0 Å². The minimum Gasteiger partial charge on any atom is -0.449 e. The predicted molar refractivity (Wildman–Crippen MR) is 110 cm³/mol. The van der Waals surface area contributed by atoms with Gasteiger partial charge in [0, 0.05) is 24.7 Å². The molecule has 0 unspecified atom stereocenters. The summed E-state index contributed by atoms with van der Waals surface area (Å²) in [5, 5.41) is 3.09. The quantitative estimate of drug-likeness (QED) is 0.752. The van der Waals surface area contributed by atoms with Crippen LogP contribution >= 0.6 is 0 Å². The molecule has 2 aromatic rings. The maximum absolute atomic E-state index is 12.5. The molecule has 0 radical (unpaired) electrons. The van der Waals surface area contributed by atoms with Gasteiger partial charge in [-0.3, -0.25) is 4.79 Å². The van der Waals surface area contributed by atoms with Crippen LogP contribution in [-0.2, 0) is 4.74 Å². The monoisotopic (exact) mass is 380 g/mol. The number of unbranched alkanes of at least 4 members (excludes halogenated alkanes) is 1. The van der Waals surface area contributed by atoms with Gasteiger partial charge in [0.1, 0.15) is 0 Å². The van der Waals surface area contributed by atoms with E-state index in [-0.39, 0.29) is 18.0 Å². The normalized spacial score (nSPS) is 14.5. The molecule has 5 nitrogen and oxygen atoms in total. The first-order valence-electron chi connectivity index (χ1n) is 10.1. The summed E-state index contributed by atoms with van der Waals surface area (Å²) in [4.78, 5) is 26.3. The Kier molecular flexibility index (Phi) is 7.06. The van der Waals surface area contributed by atoms with E-state index in [0.29, 0.717) is 25.3 Å². The third-order valence-corrected chi connectivity index (χ3v) is 5.07. The zero-order chi connectivity index (χ0) is 19.8. The minimum atomic E-state index is -0.241. The minimum absolute atomic E-state index is 0.0661. The lowest BCUT2D eigenvalue weighted by Crippen LogP contribution is -2.46. The summed E-state index contributed by atoms with van der Waals surface area (Å²) in [5.41, 5.74) is 2.88. The van der Waals surface area contributed by atoms with E-state index in [0.717, 1.165) is 36.8 Å². The Balaban J connectivity index is 1.47. The van der Waals surface area contributed by atoms with Crippen molar-refractivity contribution in [1.29, 1.82) is 0 Å². The first-order valence-corrected chi connectivity index (χ1v) is 10.1. The van der Waals surface area contributed by atoms with Crippen molar-refractivity contribution < 1.29 is 14.3 Å². The lowest BCUT2D eigenvalue weighted by atomic mass is 10.0. The molecule has 28 heavy (non-hydrogen) atoms. The molecule has 0 atom stereocenters. The number of nitrogens with zero attached hydrogens (tertiary/aromatic N) is 1. The summed E-state index contributed by atoms with van der Waals surface area (Å²) in [6.45, 7) is 3.77. The second-order valence-corrected chi connectivity index (χ2v) is 7.15. The standard InChI is InChI=1S/C23H28N2O3/c1-2-3-17-28-23(27)25-15-13-21(14-16-25)24-22(26)20-11-9-19(10-12-20)18-7-5-4-6-8-18/h4-12,21H,2-3,13-17H2,1H3,(H,24,26). The third kappa shape index (κ3) is 5.35. The molecule has 0 spiro atoms. The Labute approximate surface area is 166 Å². The summed E-state index contributed by atoms with van der Waals surface area (Å²) in [6.07, 6.45) is 3.15. The van der Waals surface area contributed by atoms with E-state index in [1.807, 2.05) is 42.5 Å². The topological polar surface area (TPSA) is 58.6 Å². The number of nitrogens with one attached hydrogen (secondary N) is 1. The van der Waals surface area contributed by atoms with Gasteiger partial charge in [-0.2, -0.15) is 0 Å². The molecule has 0 saturated carbocycles. The van der Waals surface area contributed by atoms with Crippen molar-refractivity contribution >= 4 is 12.0 Å². The summed E-state index contributed by atoms with van der Waals surface area (Å²) in [6, 6.07) is 17.8. The van der Waals surface area contributed by atoms with Crippen molar-refractivity contribution in [3.05, 3.63) is 60.2 Å². The second kappa shape index (κ2) is 9.93. The highest BCUT2D eigenvalue weighted by Gasteiger charge is 2.24. The molecule has 1 N–H and O–H groups in total. The fourth-order valence-corrected chi connectivity index (χ4v) is 3.31. The van der Waals surface area contributed by atoms with Gasteiger partial charge in [-0.25, -0.2) is 4.79 Å².